The molecule has 0 atom stereocenters. The van der Waals surface area contributed by atoms with E-state index in [1.54, 1.807) is 12.3 Å². The van der Waals surface area contributed by atoms with Crippen LogP contribution >= 0.6 is 0 Å². The Kier molecular flexibility index (Phi) is 2.48. The van der Waals surface area contributed by atoms with Crippen LogP contribution in [0.15, 0.2) is 29.6 Å². The van der Waals surface area contributed by atoms with Crippen molar-refractivity contribution in [2.45, 2.75) is 18.4 Å². The Balaban J connectivity index is 2.66. The molecule has 0 saturated carbocycles. The highest BCUT2D eigenvalue weighted by atomic mass is 32.2. The highest BCUT2D eigenvalue weighted by Crippen LogP contribution is 2.20. The summed E-state index contributed by atoms with van der Waals surface area (Å²) in [6, 6.07) is 3.62. The minimum Gasteiger partial charge on any atom is -0.359 e. The van der Waals surface area contributed by atoms with Gasteiger partial charge in [-0.3, -0.25) is 0 Å². The van der Waals surface area contributed by atoms with E-state index < -0.39 is 9.84 Å². The van der Waals surface area contributed by atoms with E-state index in [4.69, 9.17) is 0 Å². The normalized spacial score (nSPS) is 12.1. The van der Waals surface area contributed by atoms with E-state index in [9.17, 15) is 8.42 Å². The number of nitrogens with zero attached hydrogens (tertiary/aromatic N) is 1. The summed E-state index contributed by atoms with van der Waals surface area (Å²) < 4.78 is 23.7. The van der Waals surface area contributed by atoms with Crippen molar-refractivity contribution in [3.8, 4) is 0 Å². The third-order valence-electron chi connectivity index (χ3n) is 2.21. The molecule has 0 unspecified atom stereocenters. The lowest BCUT2D eigenvalue weighted by Gasteiger charge is -2.02. The Morgan fingerprint density at radius 3 is 2.93 bits per heavy atom. The Bertz CT molecular complexity index is 572. The lowest BCUT2D eigenvalue weighted by Crippen LogP contribution is -2.08. The average molecular weight is 224 g/mol. The molecule has 0 amide bonds. The van der Waals surface area contributed by atoms with Crippen molar-refractivity contribution in [3.05, 3.63) is 24.5 Å². The van der Waals surface area contributed by atoms with Gasteiger partial charge in [-0.25, -0.2) is 13.4 Å². The predicted molar refractivity (Wildman–Crippen MR) is 58.4 cm³/mol. The molecule has 0 aliphatic rings. The van der Waals surface area contributed by atoms with Gasteiger partial charge in [-0.15, -0.1) is 0 Å². The minimum atomic E-state index is -3.25. The number of nitrogens with one attached hydrogen (secondary N) is 1. The van der Waals surface area contributed by atoms with Crippen LogP contribution in [-0.2, 0) is 9.84 Å². The van der Waals surface area contributed by atoms with Gasteiger partial charge in [-0.2, -0.15) is 0 Å². The van der Waals surface area contributed by atoms with Gasteiger partial charge in [0.2, 0.25) is 0 Å². The van der Waals surface area contributed by atoms with E-state index in [-0.39, 0.29) is 10.8 Å². The summed E-state index contributed by atoms with van der Waals surface area (Å²) in [4.78, 5) is 6.86. The van der Waals surface area contributed by atoms with Crippen molar-refractivity contribution in [1.29, 1.82) is 0 Å². The number of aromatic nitrogens is 2. The highest BCUT2D eigenvalue weighted by Gasteiger charge is 2.18. The van der Waals surface area contributed by atoms with E-state index in [1.807, 2.05) is 13.0 Å². The van der Waals surface area contributed by atoms with Gasteiger partial charge in [0.25, 0.3) is 0 Å². The number of H-pyrrole nitrogens is 1. The van der Waals surface area contributed by atoms with Crippen LogP contribution < -0.4 is 0 Å². The number of pyridine rings is 1. The molecule has 2 aromatic rings. The molecular weight excluding hydrogens is 212 g/mol. The fourth-order valence-corrected chi connectivity index (χ4v) is 3.00. The lowest BCUT2D eigenvalue weighted by atomic mass is 10.3. The summed E-state index contributed by atoms with van der Waals surface area (Å²) >= 11 is 0. The van der Waals surface area contributed by atoms with Crippen molar-refractivity contribution in [1.82, 2.24) is 9.97 Å². The maximum absolute atomic E-state index is 11.9. The van der Waals surface area contributed by atoms with Gasteiger partial charge in [0.05, 0.1) is 11.3 Å². The van der Waals surface area contributed by atoms with Crippen molar-refractivity contribution in [2.24, 2.45) is 0 Å². The van der Waals surface area contributed by atoms with E-state index in [2.05, 4.69) is 9.97 Å². The molecule has 2 heterocycles. The summed E-state index contributed by atoms with van der Waals surface area (Å²) in [7, 11) is -3.25. The second-order valence-corrected chi connectivity index (χ2v) is 5.40. The first kappa shape index (κ1) is 10.2. The van der Waals surface area contributed by atoms with Gasteiger partial charge in [0.1, 0.15) is 0 Å². The van der Waals surface area contributed by atoms with Gasteiger partial charge < -0.3 is 4.98 Å². The molecule has 2 rings (SSSR count). The van der Waals surface area contributed by atoms with E-state index in [0.29, 0.717) is 11.9 Å². The smallest absolute Gasteiger partial charge is 0.197 e. The number of hydrogen-bond acceptors (Lipinski definition) is 3. The first-order valence-electron chi connectivity index (χ1n) is 4.80. The fraction of sp³-hybridized carbons (Fsp3) is 0.300. The summed E-state index contributed by atoms with van der Waals surface area (Å²) in [5.74, 6) is 0.137. The largest absolute Gasteiger partial charge is 0.359 e. The van der Waals surface area contributed by atoms with Crippen molar-refractivity contribution in [2.75, 3.05) is 5.75 Å². The Hall–Kier alpha value is -1.36. The fourth-order valence-electron chi connectivity index (χ4n) is 1.56. The van der Waals surface area contributed by atoms with Crippen molar-refractivity contribution < 1.29 is 8.42 Å². The van der Waals surface area contributed by atoms with Gasteiger partial charge >= 0.3 is 0 Å². The molecule has 15 heavy (non-hydrogen) atoms. The SMILES string of the molecule is CCCS(=O)(=O)c1nccc2cc[nH]c12. The zero-order valence-electron chi connectivity index (χ0n) is 8.40. The molecule has 0 fully saturated rings. The topological polar surface area (TPSA) is 62.8 Å². The molecule has 0 radical (unpaired) electrons. The molecular formula is C10H12N2O2S. The van der Waals surface area contributed by atoms with Gasteiger partial charge in [0.15, 0.2) is 14.9 Å². The van der Waals surface area contributed by atoms with Crippen LogP contribution in [0.2, 0.25) is 0 Å². The molecule has 2 aromatic heterocycles. The lowest BCUT2D eigenvalue weighted by molar-refractivity contribution is 0.592. The Morgan fingerprint density at radius 1 is 1.40 bits per heavy atom. The van der Waals surface area contributed by atoms with Crippen LogP contribution in [0.3, 0.4) is 0 Å². The van der Waals surface area contributed by atoms with E-state index in [0.717, 1.165) is 5.39 Å². The molecule has 0 saturated heterocycles. The van der Waals surface area contributed by atoms with Crippen LogP contribution in [-0.4, -0.2) is 24.1 Å². The maximum Gasteiger partial charge on any atom is 0.197 e. The van der Waals surface area contributed by atoms with Gasteiger partial charge in [-0.1, -0.05) is 6.92 Å². The molecule has 5 heteroatoms. The molecule has 0 bridgehead atoms. The molecule has 0 spiro atoms. The monoisotopic (exact) mass is 224 g/mol. The van der Waals surface area contributed by atoms with E-state index >= 15 is 0 Å². The average Bonchev–Trinajstić information content (AvgIpc) is 2.64. The summed E-state index contributed by atoms with van der Waals surface area (Å²) in [6.07, 6.45) is 3.84. The first-order chi connectivity index (χ1) is 7.15. The molecule has 0 aromatic carbocycles. The van der Waals surface area contributed by atoms with Crippen LogP contribution in [0.4, 0.5) is 0 Å². The third kappa shape index (κ3) is 1.74. The number of sulfone groups is 1. The Morgan fingerprint density at radius 2 is 2.20 bits per heavy atom. The van der Waals surface area contributed by atoms with Crippen LogP contribution in [0.5, 0.6) is 0 Å². The van der Waals surface area contributed by atoms with Crippen LogP contribution in [0, 0.1) is 0 Å². The van der Waals surface area contributed by atoms with Crippen molar-refractivity contribution in [3.63, 3.8) is 0 Å². The second kappa shape index (κ2) is 3.66. The highest BCUT2D eigenvalue weighted by molar-refractivity contribution is 7.91. The van der Waals surface area contributed by atoms with E-state index in [1.165, 1.54) is 6.20 Å². The van der Waals surface area contributed by atoms with Crippen LogP contribution in [0.25, 0.3) is 10.9 Å². The molecule has 4 nitrogen and oxygen atoms in total. The summed E-state index contributed by atoms with van der Waals surface area (Å²) in [5.41, 5.74) is 0.603. The first-order valence-corrected chi connectivity index (χ1v) is 6.45. The van der Waals surface area contributed by atoms with Crippen LogP contribution in [0.1, 0.15) is 13.3 Å². The summed E-state index contributed by atoms with van der Waals surface area (Å²) in [5, 5.41) is 1.03. The predicted octanol–water partition coefficient (Wildman–Crippen LogP) is 1.75. The van der Waals surface area contributed by atoms with Gasteiger partial charge in [0, 0.05) is 17.8 Å². The standard InChI is InChI=1S/C10H12N2O2S/c1-2-7-15(13,14)10-9-8(3-5-11-9)4-6-12-10/h3-6,11H,2,7H2,1H3. The minimum absolute atomic E-state index is 0.137. The second-order valence-electron chi connectivity index (χ2n) is 3.38. The Labute approximate surface area is 88.3 Å². The number of aromatic amines is 1. The molecule has 0 aliphatic heterocycles. The van der Waals surface area contributed by atoms with Gasteiger partial charge in [-0.05, 0) is 18.6 Å². The summed E-state index contributed by atoms with van der Waals surface area (Å²) in [6.45, 7) is 1.84. The number of hydrogen-bond donors (Lipinski definition) is 1. The zero-order valence-corrected chi connectivity index (χ0v) is 9.21. The quantitative estimate of drug-likeness (QED) is 0.863. The molecule has 1 N–H and O–H groups in total. The van der Waals surface area contributed by atoms with Crippen molar-refractivity contribution >= 4 is 20.7 Å². The number of rotatable bonds is 3. The number of fused-ring (bicyclic) bond motifs is 1. The maximum atomic E-state index is 11.9. The third-order valence-corrected chi connectivity index (χ3v) is 4.05. The molecule has 0 aliphatic carbocycles. The molecule has 80 valence electrons. The zero-order chi connectivity index (χ0) is 10.9.